The van der Waals surface area contributed by atoms with E-state index >= 15 is 0 Å². The molecule has 1 atom stereocenters. The lowest BCUT2D eigenvalue weighted by atomic mass is 10.1. The molecule has 4 heteroatoms. The number of benzene rings is 1. The maximum atomic E-state index is 6.02. The normalized spacial score (nSPS) is 21.2. The van der Waals surface area contributed by atoms with Crippen molar-refractivity contribution in [3.05, 3.63) is 18.2 Å². The fourth-order valence-electron chi connectivity index (χ4n) is 2.56. The summed E-state index contributed by atoms with van der Waals surface area (Å²) in [6.45, 7) is 5.56. The van der Waals surface area contributed by atoms with Crippen LogP contribution in [0.25, 0.3) is 11.0 Å². The number of nitrogens with two attached hydrogens (primary N) is 1. The number of imidazole rings is 1. The van der Waals surface area contributed by atoms with Crippen molar-refractivity contribution in [3.8, 4) is 5.75 Å². The van der Waals surface area contributed by atoms with E-state index in [1.54, 1.807) is 7.11 Å². The van der Waals surface area contributed by atoms with E-state index in [0.717, 1.165) is 23.3 Å². The molecule has 1 heterocycles. The van der Waals surface area contributed by atoms with Gasteiger partial charge in [0.25, 0.3) is 0 Å². The van der Waals surface area contributed by atoms with E-state index in [-0.39, 0.29) is 0 Å². The van der Waals surface area contributed by atoms with Crippen molar-refractivity contribution in [2.75, 3.05) is 12.8 Å². The molecule has 1 aliphatic carbocycles. The van der Waals surface area contributed by atoms with Gasteiger partial charge < -0.3 is 15.0 Å². The fourth-order valence-corrected chi connectivity index (χ4v) is 2.56. The molecular weight excluding hydrogens is 226 g/mol. The second-order valence-corrected chi connectivity index (χ2v) is 5.82. The number of anilines is 1. The number of rotatable bonds is 3. The van der Waals surface area contributed by atoms with Gasteiger partial charge in [0.2, 0.25) is 5.95 Å². The van der Waals surface area contributed by atoms with Gasteiger partial charge >= 0.3 is 0 Å². The van der Waals surface area contributed by atoms with Gasteiger partial charge in [-0.3, -0.25) is 0 Å². The molecule has 3 rings (SSSR count). The van der Waals surface area contributed by atoms with E-state index < -0.39 is 0 Å². The molecule has 0 amide bonds. The number of hydrogen-bond donors (Lipinski definition) is 1. The Hall–Kier alpha value is -1.71. The molecule has 2 N–H and O–H groups in total. The zero-order chi connectivity index (χ0) is 12.9. The molecule has 1 unspecified atom stereocenters. The first kappa shape index (κ1) is 11.4. The number of hydrogen-bond acceptors (Lipinski definition) is 3. The van der Waals surface area contributed by atoms with Crippen LogP contribution in [-0.2, 0) is 6.54 Å². The smallest absolute Gasteiger partial charge is 0.201 e. The summed E-state index contributed by atoms with van der Waals surface area (Å²) in [5, 5.41) is 0. The molecule has 1 aromatic heterocycles. The SMILES string of the molecule is COc1ccc2c(c1)nc(N)n2CC1CC1(C)C. The average Bonchev–Trinajstić information content (AvgIpc) is 2.80. The van der Waals surface area contributed by atoms with E-state index in [2.05, 4.69) is 23.4 Å². The molecule has 18 heavy (non-hydrogen) atoms. The molecule has 0 saturated heterocycles. The lowest BCUT2D eigenvalue weighted by molar-refractivity contribution is 0.415. The minimum absolute atomic E-state index is 0.454. The summed E-state index contributed by atoms with van der Waals surface area (Å²) in [6.07, 6.45) is 1.27. The molecule has 0 spiro atoms. The van der Waals surface area contributed by atoms with E-state index in [9.17, 15) is 0 Å². The van der Waals surface area contributed by atoms with E-state index in [1.165, 1.54) is 6.42 Å². The van der Waals surface area contributed by atoms with Crippen LogP contribution in [0.15, 0.2) is 18.2 Å². The number of methoxy groups -OCH3 is 1. The number of fused-ring (bicyclic) bond motifs is 1. The van der Waals surface area contributed by atoms with Crippen LogP contribution in [0.3, 0.4) is 0 Å². The second kappa shape index (κ2) is 3.64. The van der Waals surface area contributed by atoms with Crippen molar-refractivity contribution in [1.29, 1.82) is 0 Å². The van der Waals surface area contributed by atoms with E-state index in [0.29, 0.717) is 17.3 Å². The Labute approximate surface area is 107 Å². The molecule has 1 fully saturated rings. The summed E-state index contributed by atoms with van der Waals surface area (Å²) >= 11 is 0. The van der Waals surface area contributed by atoms with Crippen molar-refractivity contribution in [1.82, 2.24) is 9.55 Å². The second-order valence-electron chi connectivity index (χ2n) is 5.82. The number of nitrogen functional groups attached to an aromatic ring is 1. The van der Waals surface area contributed by atoms with Gasteiger partial charge in [-0.2, -0.15) is 0 Å². The third kappa shape index (κ3) is 1.72. The van der Waals surface area contributed by atoms with Crippen LogP contribution >= 0.6 is 0 Å². The Bertz CT molecular complexity index is 600. The van der Waals surface area contributed by atoms with Gasteiger partial charge in [0, 0.05) is 12.6 Å². The molecule has 2 aromatic rings. The zero-order valence-electron chi connectivity index (χ0n) is 11.1. The first-order chi connectivity index (χ1) is 8.51. The van der Waals surface area contributed by atoms with E-state index in [1.807, 2.05) is 18.2 Å². The maximum Gasteiger partial charge on any atom is 0.201 e. The summed E-state index contributed by atoms with van der Waals surface area (Å²) in [6, 6.07) is 5.92. The summed E-state index contributed by atoms with van der Waals surface area (Å²) < 4.78 is 7.33. The van der Waals surface area contributed by atoms with Gasteiger partial charge in [-0.15, -0.1) is 0 Å². The molecule has 4 nitrogen and oxygen atoms in total. The van der Waals surface area contributed by atoms with Crippen molar-refractivity contribution in [2.24, 2.45) is 11.3 Å². The maximum absolute atomic E-state index is 6.02. The van der Waals surface area contributed by atoms with Crippen LogP contribution in [0.1, 0.15) is 20.3 Å². The minimum Gasteiger partial charge on any atom is -0.497 e. The standard InChI is InChI=1S/C14H19N3O/c1-14(2)7-9(14)8-17-12-5-4-10(18-3)6-11(12)16-13(17)15/h4-6,9H,7-8H2,1-3H3,(H2,15,16). The zero-order valence-corrected chi connectivity index (χ0v) is 11.1. The molecule has 0 aliphatic heterocycles. The highest BCUT2D eigenvalue weighted by molar-refractivity contribution is 5.79. The van der Waals surface area contributed by atoms with Gasteiger partial charge in [-0.05, 0) is 29.9 Å². The molecule has 1 saturated carbocycles. The Balaban J connectivity index is 1.98. The van der Waals surface area contributed by atoms with Crippen LogP contribution in [0.4, 0.5) is 5.95 Å². The summed E-state index contributed by atoms with van der Waals surface area (Å²) in [4.78, 5) is 4.41. The molecule has 96 valence electrons. The third-order valence-corrected chi connectivity index (χ3v) is 4.11. The number of nitrogens with zero attached hydrogens (tertiary/aromatic N) is 2. The summed E-state index contributed by atoms with van der Waals surface area (Å²) in [5.74, 6) is 2.12. The largest absolute Gasteiger partial charge is 0.497 e. The minimum atomic E-state index is 0.454. The van der Waals surface area contributed by atoms with Crippen LogP contribution in [0, 0.1) is 11.3 Å². The van der Waals surface area contributed by atoms with Crippen LogP contribution in [0.5, 0.6) is 5.75 Å². The summed E-state index contributed by atoms with van der Waals surface area (Å²) in [5.41, 5.74) is 8.48. The Morgan fingerprint density at radius 3 is 2.83 bits per heavy atom. The topological polar surface area (TPSA) is 53.1 Å². The highest BCUT2D eigenvalue weighted by atomic mass is 16.5. The van der Waals surface area contributed by atoms with Crippen molar-refractivity contribution >= 4 is 17.0 Å². The lowest BCUT2D eigenvalue weighted by Gasteiger charge is -2.08. The number of ether oxygens (including phenoxy) is 1. The monoisotopic (exact) mass is 245 g/mol. The van der Waals surface area contributed by atoms with Gasteiger partial charge in [0.05, 0.1) is 18.1 Å². The predicted molar refractivity (Wildman–Crippen MR) is 72.6 cm³/mol. The Kier molecular flexibility index (Phi) is 2.30. The third-order valence-electron chi connectivity index (χ3n) is 4.11. The van der Waals surface area contributed by atoms with Crippen molar-refractivity contribution < 1.29 is 4.74 Å². The van der Waals surface area contributed by atoms with Gasteiger partial charge in [0.15, 0.2) is 0 Å². The Morgan fingerprint density at radius 1 is 1.50 bits per heavy atom. The first-order valence-corrected chi connectivity index (χ1v) is 6.31. The highest BCUT2D eigenvalue weighted by Gasteiger charge is 2.45. The number of aromatic nitrogens is 2. The molecular formula is C14H19N3O. The van der Waals surface area contributed by atoms with E-state index in [4.69, 9.17) is 10.5 Å². The predicted octanol–water partition coefficient (Wildman–Crippen LogP) is 2.67. The van der Waals surface area contributed by atoms with Crippen molar-refractivity contribution in [2.45, 2.75) is 26.8 Å². The Morgan fingerprint density at radius 2 is 2.22 bits per heavy atom. The quantitative estimate of drug-likeness (QED) is 0.904. The average molecular weight is 245 g/mol. The van der Waals surface area contributed by atoms with Crippen molar-refractivity contribution in [3.63, 3.8) is 0 Å². The van der Waals surface area contributed by atoms with Gasteiger partial charge in [-0.1, -0.05) is 13.8 Å². The summed E-state index contributed by atoms with van der Waals surface area (Å²) in [7, 11) is 1.66. The molecule has 0 bridgehead atoms. The lowest BCUT2D eigenvalue weighted by Crippen LogP contribution is -2.07. The van der Waals surface area contributed by atoms with Gasteiger partial charge in [-0.25, -0.2) is 4.98 Å². The van der Waals surface area contributed by atoms with Crippen LogP contribution in [-0.4, -0.2) is 16.7 Å². The first-order valence-electron chi connectivity index (χ1n) is 6.31. The fraction of sp³-hybridized carbons (Fsp3) is 0.500. The molecule has 1 aliphatic rings. The highest BCUT2D eigenvalue weighted by Crippen LogP contribution is 2.52. The molecule has 1 aromatic carbocycles. The van der Waals surface area contributed by atoms with Gasteiger partial charge in [0.1, 0.15) is 5.75 Å². The molecule has 0 radical (unpaired) electrons. The van der Waals surface area contributed by atoms with Crippen LogP contribution < -0.4 is 10.5 Å². The van der Waals surface area contributed by atoms with Crippen LogP contribution in [0.2, 0.25) is 0 Å².